The largest absolute Gasteiger partial charge is 0.488 e. The molecule has 1 N–H and O–H groups in total. The van der Waals surface area contributed by atoms with Crippen molar-refractivity contribution < 1.29 is 14.5 Å². The van der Waals surface area contributed by atoms with Crippen LogP contribution in [0.4, 0.5) is 5.69 Å². The Bertz CT molecular complexity index is 1030. The summed E-state index contributed by atoms with van der Waals surface area (Å²) >= 11 is 1.30. The summed E-state index contributed by atoms with van der Waals surface area (Å²) in [5.41, 5.74) is 4.12. The van der Waals surface area contributed by atoms with Crippen LogP contribution in [0.5, 0.6) is 5.75 Å². The molecule has 0 aliphatic carbocycles. The number of nitrogens with one attached hydrogen (secondary N) is 1. The Morgan fingerprint density at radius 3 is 2.66 bits per heavy atom. The smallest absolute Gasteiger partial charge is 0.291 e. The second-order valence-electron chi connectivity index (χ2n) is 6.04. The topological polar surface area (TPSA) is 93.8 Å². The van der Waals surface area contributed by atoms with E-state index >= 15 is 0 Å². The van der Waals surface area contributed by atoms with Gasteiger partial charge in [0.2, 0.25) is 0 Å². The first-order chi connectivity index (χ1) is 14.1. The number of hydrazone groups is 1. The van der Waals surface area contributed by atoms with Crippen LogP contribution in [-0.4, -0.2) is 17.0 Å². The number of nitrogens with zero attached hydrogens (tertiary/aromatic N) is 2. The minimum Gasteiger partial charge on any atom is -0.488 e. The fourth-order valence-corrected chi connectivity index (χ4v) is 3.61. The maximum absolute atomic E-state index is 12.5. The number of aryl methyl sites for hydroxylation is 1. The summed E-state index contributed by atoms with van der Waals surface area (Å²) in [4.78, 5) is 24.0. The molecule has 0 radical (unpaired) electrons. The van der Waals surface area contributed by atoms with Crippen LogP contribution in [-0.2, 0) is 13.0 Å². The maximum atomic E-state index is 12.5. The molecule has 1 amide bonds. The van der Waals surface area contributed by atoms with Crippen molar-refractivity contribution in [3.63, 3.8) is 0 Å². The predicted octanol–water partition coefficient (Wildman–Crippen LogP) is 4.56. The van der Waals surface area contributed by atoms with Crippen molar-refractivity contribution in [1.29, 1.82) is 0 Å². The number of rotatable bonds is 8. The van der Waals surface area contributed by atoms with Crippen LogP contribution in [0, 0.1) is 10.1 Å². The Balaban J connectivity index is 1.69. The molecule has 0 fully saturated rings. The van der Waals surface area contributed by atoms with Crippen LogP contribution >= 0.6 is 11.3 Å². The molecule has 8 heteroatoms. The number of carbonyl (C=O) groups is 1. The van der Waals surface area contributed by atoms with Gasteiger partial charge in [0.25, 0.3) is 11.6 Å². The number of benzene rings is 2. The van der Waals surface area contributed by atoms with Crippen molar-refractivity contribution in [3.05, 3.63) is 91.7 Å². The number of hydrogen-bond donors (Lipinski definition) is 1. The lowest BCUT2D eigenvalue weighted by Gasteiger charge is -2.10. The van der Waals surface area contributed by atoms with Gasteiger partial charge in [-0.1, -0.05) is 49.4 Å². The Morgan fingerprint density at radius 2 is 1.93 bits per heavy atom. The SMILES string of the molecule is CCc1scc(C=NNC(=O)c2ccccc2OCc2ccccc2)c1[N+](=O)[O-]. The fraction of sp³-hybridized carbons (Fsp3) is 0.143. The van der Waals surface area contributed by atoms with Crippen molar-refractivity contribution in [1.82, 2.24) is 5.43 Å². The molecule has 0 atom stereocenters. The van der Waals surface area contributed by atoms with Gasteiger partial charge in [-0.2, -0.15) is 5.10 Å². The molecule has 0 aliphatic heterocycles. The number of thiophene rings is 1. The van der Waals surface area contributed by atoms with Crippen LogP contribution in [0.1, 0.15) is 33.3 Å². The molecule has 0 saturated heterocycles. The maximum Gasteiger partial charge on any atom is 0.291 e. The zero-order chi connectivity index (χ0) is 20.6. The van der Waals surface area contributed by atoms with Gasteiger partial charge >= 0.3 is 0 Å². The molecule has 1 aromatic heterocycles. The first-order valence-electron chi connectivity index (χ1n) is 8.94. The summed E-state index contributed by atoms with van der Waals surface area (Å²) in [7, 11) is 0. The molecular weight excluding hydrogens is 390 g/mol. The molecule has 3 rings (SSSR count). The second kappa shape index (κ2) is 9.61. The average Bonchev–Trinajstić information content (AvgIpc) is 3.16. The molecule has 0 aliphatic rings. The van der Waals surface area contributed by atoms with Crippen LogP contribution in [0.15, 0.2) is 65.1 Å². The van der Waals surface area contributed by atoms with Gasteiger partial charge in [0, 0.05) is 5.38 Å². The summed E-state index contributed by atoms with van der Waals surface area (Å²) in [6.45, 7) is 2.18. The van der Waals surface area contributed by atoms with Crippen molar-refractivity contribution in [2.45, 2.75) is 20.0 Å². The minimum atomic E-state index is -0.460. The molecule has 0 unspecified atom stereocenters. The number of carbonyl (C=O) groups excluding carboxylic acids is 1. The van der Waals surface area contributed by atoms with Gasteiger partial charge in [0.15, 0.2) is 0 Å². The third kappa shape index (κ3) is 5.05. The zero-order valence-electron chi connectivity index (χ0n) is 15.7. The minimum absolute atomic E-state index is 0.0297. The number of amides is 1. The van der Waals surface area contributed by atoms with E-state index in [1.807, 2.05) is 37.3 Å². The van der Waals surface area contributed by atoms with Crippen LogP contribution in [0.25, 0.3) is 0 Å². The normalized spacial score (nSPS) is 10.8. The van der Waals surface area contributed by atoms with Gasteiger partial charge in [-0.25, -0.2) is 5.43 Å². The molecule has 0 bridgehead atoms. The first-order valence-corrected chi connectivity index (χ1v) is 9.82. The van der Waals surface area contributed by atoms with E-state index in [0.29, 0.717) is 34.8 Å². The molecule has 148 valence electrons. The van der Waals surface area contributed by atoms with Gasteiger partial charge < -0.3 is 4.74 Å². The predicted molar refractivity (Wildman–Crippen MR) is 113 cm³/mol. The van der Waals surface area contributed by atoms with Crippen molar-refractivity contribution in [3.8, 4) is 5.75 Å². The van der Waals surface area contributed by atoms with E-state index in [4.69, 9.17) is 4.74 Å². The van der Waals surface area contributed by atoms with Gasteiger partial charge in [0.05, 0.1) is 27.1 Å². The van der Waals surface area contributed by atoms with E-state index in [2.05, 4.69) is 10.5 Å². The molecule has 0 spiro atoms. The highest BCUT2D eigenvalue weighted by Gasteiger charge is 2.20. The number of ether oxygens (including phenoxy) is 1. The highest BCUT2D eigenvalue weighted by Crippen LogP contribution is 2.29. The molecule has 29 heavy (non-hydrogen) atoms. The van der Waals surface area contributed by atoms with E-state index in [1.54, 1.807) is 29.6 Å². The summed E-state index contributed by atoms with van der Waals surface area (Å²) in [6.07, 6.45) is 1.85. The van der Waals surface area contributed by atoms with E-state index < -0.39 is 10.8 Å². The average molecular weight is 409 g/mol. The Kier molecular flexibility index (Phi) is 6.70. The molecule has 7 nitrogen and oxygen atoms in total. The monoisotopic (exact) mass is 409 g/mol. The van der Waals surface area contributed by atoms with Crippen molar-refractivity contribution in [2.75, 3.05) is 0 Å². The van der Waals surface area contributed by atoms with Crippen LogP contribution in [0.2, 0.25) is 0 Å². The second-order valence-corrected chi connectivity index (χ2v) is 7.01. The van der Waals surface area contributed by atoms with E-state index in [9.17, 15) is 14.9 Å². The fourth-order valence-electron chi connectivity index (χ4n) is 2.69. The quantitative estimate of drug-likeness (QED) is 0.335. The standard InChI is InChI=1S/C21H19N3O4S/c1-2-19-20(24(26)27)16(14-29-19)12-22-23-21(25)17-10-6-7-11-18(17)28-13-15-8-4-3-5-9-15/h3-12,14H,2,13H2,1H3,(H,23,25). The summed E-state index contributed by atoms with van der Waals surface area (Å²) in [6, 6.07) is 16.5. The summed E-state index contributed by atoms with van der Waals surface area (Å²) in [5, 5.41) is 16.8. The molecule has 2 aromatic carbocycles. The van der Waals surface area contributed by atoms with Gasteiger partial charge in [-0.15, -0.1) is 11.3 Å². The lowest BCUT2D eigenvalue weighted by atomic mass is 10.2. The van der Waals surface area contributed by atoms with Crippen LogP contribution < -0.4 is 10.2 Å². The Hall–Kier alpha value is -3.52. The van der Waals surface area contributed by atoms with Crippen LogP contribution in [0.3, 0.4) is 0 Å². The lowest BCUT2D eigenvalue weighted by molar-refractivity contribution is -0.385. The number of hydrogen-bond acceptors (Lipinski definition) is 6. The highest BCUT2D eigenvalue weighted by atomic mass is 32.1. The number of para-hydroxylation sites is 1. The first kappa shape index (κ1) is 20.2. The third-order valence-electron chi connectivity index (χ3n) is 4.11. The Morgan fingerprint density at radius 1 is 1.21 bits per heavy atom. The number of nitro groups is 1. The highest BCUT2D eigenvalue weighted by molar-refractivity contribution is 7.10. The lowest BCUT2D eigenvalue weighted by Crippen LogP contribution is -2.18. The van der Waals surface area contributed by atoms with Gasteiger partial charge in [-0.3, -0.25) is 14.9 Å². The van der Waals surface area contributed by atoms with Crippen molar-refractivity contribution >= 4 is 29.1 Å². The Labute approximate surface area is 171 Å². The summed E-state index contributed by atoms with van der Waals surface area (Å²) in [5.74, 6) is -0.0302. The third-order valence-corrected chi connectivity index (χ3v) is 5.25. The summed E-state index contributed by atoms with van der Waals surface area (Å²) < 4.78 is 5.78. The molecule has 3 aromatic rings. The van der Waals surface area contributed by atoms with Gasteiger partial charge in [0.1, 0.15) is 12.4 Å². The van der Waals surface area contributed by atoms with Crippen molar-refractivity contribution in [2.24, 2.45) is 5.10 Å². The van der Waals surface area contributed by atoms with Gasteiger partial charge in [-0.05, 0) is 24.1 Å². The van der Waals surface area contributed by atoms with E-state index in [1.165, 1.54) is 17.6 Å². The van der Waals surface area contributed by atoms with E-state index in [0.717, 1.165) is 5.56 Å². The molecule has 1 heterocycles. The zero-order valence-corrected chi connectivity index (χ0v) is 16.5. The molecule has 0 saturated carbocycles. The van der Waals surface area contributed by atoms with E-state index in [-0.39, 0.29) is 5.69 Å². The molecular formula is C21H19N3O4S.